The van der Waals surface area contributed by atoms with Crippen LogP contribution in [0.25, 0.3) is 0 Å². The number of thioether (sulfide) groups is 1. The highest BCUT2D eigenvalue weighted by molar-refractivity contribution is 8.01. The molecule has 1 aliphatic heterocycles. The summed E-state index contributed by atoms with van der Waals surface area (Å²) >= 11 is 1.23. The summed E-state index contributed by atoms with van der Waals surface area (Å²) in [6, 6.07) is 5.71. The van der Waals surface area contributed by atoms with Crippen molar-refractivity contribution in [2.75, 3.05) is 11.5 Å². The van der Waals surface area contributed by atoms with Crippen molar-refractivity contribution in [3.05, 3.63) is 29.8 Å². The van der Waals surface area contributed by atoms with Gasteiger partial charge in [0.15, 0.2) is 9.84 Å². The van der Waals surface area contributed by atoms with Crippen LogP contribution in [0.15, 0.2) is 29.2 Å². The van der Waals surface area contributed by atoms with Gasteiger partial charge in [-0.25, -0.2) is 13.2 Å². The van der Waals surface area contributed by atoms with Gasteiger partial charge in [0.25, 0.3) is 0 Å². The Morgan fingerprint density at radius 2 is 2.10 bits per heavy atom. The van der Waals surface area contributed by atoms with E-state index in [9.17, 15) is 18.0 Å². The Bertz CT molecular complexity index is 671. The molecule has 1 heterocycles. The van der Waals surface area contributed by atoms with Crippen LogP contribution in [-0.4, -0.2) is 42.9 Å². The van der Waals surface area contributed by atoms with E-state index >= 15 is 0 Å². The van der Waals surface area contributed by atoms with Gasteiger partial charge in [0.05, 0.1) is 10.6 Å². The molecular formula is C13H15NO5S2. The first-order valence-corrected chi connectivity index (χ1v) is 8.94. The predicted molar refractivity (Wildman–Crippen MR) is 78.9 cm³/mol. The smallest absolute Gasteiger partial charge is 0.327 e. The van der Waals surface area contributed by atoms with Crippen LogP contribution >= 0.6 is 11.8 Å². The highest BCUT2D eigenvalue weighted by atomic mass is 32.2. The van der Waals surface area contributed by atoms with Crippen molar-refractivity contribution in [3.8, 4) is 0 Å². The third-order valence-corrected chi connectivity index (χ3v) is 6.49. The third-order valence-electron chi connectivity index (χ3n) is 3.11. The number of amides is 1. The molecule has 1 aromatic carbocycles. The molecule has 0 aromatic heterocycles. The molecule has 1 aliphatic rings. The van der Waals surface area contributed by atoms with Gasteiger partial charge in [0.2, 0.25) is 5.91 Å². The maximum Gasteiger partial charge on any atom is 0.327 e. The average Bonchev–Trinajstić information content (AvgIpc) is 2.66. The largest absolute Gasteiger partial charge is 0.480 e. The maximum absolute atomic E-state index is 12.0. The number of fused-ring (bicyclic) bond motifs is 1. The first-order chi connectivity index (χ1) is 9.81. The zero-order valence-electron chi connectivity index (χ0n) is 11.3. The highest BCUT2D eigenvalue weighted by Crippen LogP contribution is 2.41. The van der Waals surface area contributed by atoms with Crippen molar-refractivity contribution in [1.82, 2.24) is 5.32 Å². The molecule has 0 fully saturated rings. The van der Waals surface area contributed by atoms with Crippen molar-refractivity contribution in [3.63, 3.8) is 0 Å². The van der Waals surface area contributed by atoms with Crippen LogP contribution in [0.2, 0.25) is 0 Å². The topological polar surface area (TPSA) is 101 Å². The second-order valence-corrected chi connectivity index (χ2v) is 7.97. The zero-order valence-corrected chi connectivity index (χ0v) is 12.9. The molecule has 0 aliphatic carbocycles. The molecule has 0 saturated heterocycles. The third kappa shape index (κ3) is 3.56. The molecule has 1 amide bonds. The van der Waals surface area contributed by atoms with Gasteiger partial charge in [-0.2, -0.15) is 0 Å². The van der Waals surface area contributed by atoms with Gasteiger partial charge in [-0.1, -0.05) is 18.2 Å². The number of rotatable bonds is 5. The maximum atomic E-state index is 12.0. The van der Waals surface area contributed by atoms with Crippen molar-refractivity contribution >= 4 is 33.5 Å². The van der Waals surface area contributed by atoms with Crippen molar-refractivity contribution in [1.29, 1.82) is 0 Å². The average molecular weight is 329 g/mol. The number of aliphatic carboxylic acids is 1. The van der Waals surface area contributed by atoms with Crippen LogP contribution in [0.5, 0.6) is 0 Å². The summed E-state index contributed by atoms with van der Waals surface area (Å²) < 4.78 is 24.0. The fourth-order valence-electron chi connectivity index (χ4n) is 2.18. The van der Waals surface area contributed by atoms with Crippen LogP contribution < -0.4 is 5.32 Å². The molecule has 0 bridgehead atoms. The zero-order chi connectivity index (χ0) is 15.6. The molecule has 0 spiro atoms. The highest BCUT2D eigenvalue weighted by Gasteiger charge is 2.35. The Morgan fingerprint density at radius 1 is 1.43 bits per heavy atom. The summed E-state index contributed by atoms with van der Waals surface area (Å²) in [5, 5.41) is 11.1. The summed E-state index contributed by atoms with van der Waals surface area (Å²) in [6.45, 7) is 1.25. The second kappa shape index (κ2) is 6.07. The van der Waals surface area contributed by atoms with E-state index in [-0.39, 0.29) is 16.8 Å². The van der Waals surface area contributed by atoms with Crippen LogP contribution in [0.1, 0.15) is 17.7 Å². The predicted octanol–water partition coefficient (Wildman–Crippen LogP) is 0.837. The Balaban J connectivity index is 2.11. The molecule has 114 valence electrons. The minimum atomic E-state index is -3.30. The number of benzene rings is 1. The number of carboxylic acid groups (broad SMARTS) is 1. The number of sulfone groups is 1. The number of nitrogens with one attached hydrogen (secondary N) is 1. The van der Waals surface area contributed by atoms with Crippen molar-refractivity contribution in [2.24, 2.45) is 0 Å². The lowest BCUT2D eigenvalue weighted by atomic mass is 10.2. The first kappa shape index (κ1) is 15.8. The normalized spacial score (nSPS) is 20.5. The Hall–Kier alpha value is -1.54. The Morgan fingerprint density at radius 3 is 2.71 bits per heavy atom. The van der Waals surface area contributed by atoms with E-state index in [1.54, 1.807) is 24.3 Å². The summed E-state index contributed by atoms with van der Waals surface area (Å²) in [5.74, 6) is -1.48. The molecule has 2 N–H and O–H groups in total. The van der Waals surface area contributed by atoms with Gasteiger partial charge in [0.1, 0.15) is 6.04 Å². The molecular weight excluding hydrogens is 314 g/mol. The standard InChI is InChI=1S/C13H15NO5S2/c1-8(15)14-10(13(16)17)6-20-11-7-21(18,19)12-5-3-2-4-9(11)12/h2-5,10-11H,6-7H2,1H3,(H,14,15)(H,16,17). The molecule has 0 radical (unpaired) electrons. The lowest BCUT2D eigenvalue weighted by Gasteiger charge is -2.15. The molecule has 2 unspecified atom stereocenters. The number of hydrogen-bond acceptors (Lipinski definition) is 5. The van der Waals surface area contributed by atoms with Crippen LogP contribution in [0.4, 0.5) is 0 Å². The van der Waals surface area contributed by atoms with E-state index in [0.717, 1.165) is 0 Å². The van der Waals surface area contributed by atoms with E-state index in [1.807, 2.05) is 0 Å². The summed E-state index contributed by atoms with van der Waals surface area (Å²) in [7, 11) is -3.30. The molecule has 8 heteroatoms. The van der Waals surface area contributed by atoms with E-state index < -0.39 is 27.8 Å². The molecule has 21 heavy (non-hydrogen) atoms. The lowest BCUT2D eigenvalue weighted by molar-refractivity contribution is -0.140. The van der Waals surface area contributed by atoms with Gasteiger partial charge in [0, 0.05) is 17.9 Å². The summed E-state index contributed by atoms with van der Waals surface area (Å²) in [4.78, 5) is 22.4. The minimum absolute atomic E-state index is 0.0383. The van der Waals surface area contributed by atoms with Gasteiger partial charge in [-0.05, 0) is 11.6 Å². The second-order valence-electron chi connectivity index (χ2n) is 4.73. The van der Waals surface area contributed by atoms with Crippen molar-refractivity contribution < 1.29 is 23.1 Å². The number of carboxylic acids is 1. The number of carbonyl (C=O) groups is 2. The van der Waals surface area contributed by atoms with E-state index in [0.29, 0.717) is 10.5 Å². The SMILES string of the molecule is CC(=O)NC(CSC1CS(=O)(=O)c2ccccc21)C(=O)O. The van der Waals surface area contributed by atoms with Gasteiger partial charge in [-0.15, -0.1) is 11.8 Å². The summed E-state index contributed by atoms with van der Waals surface area (Å²) in [5.41, 5.74) is 0.703. The fraction of sp³-hybridized carbons (Fsp3) is 0.385. The molecule has 2 rings (SSSR count). The fourth-order valence-corrected chi connectivity index (χ4v) is 5.82. The molecule has 0 saturated carbocycles. The van der Waals surface area contributed by atoms with E-state index in [2.05, 4.69) is 5.32 Å². The summed E-state index contributed by atoms with van der Waals surface area (Å²) in [6.07, 6.45) is 0. The quantitative estimate of drug-likeness (QED) is 0.830. The molecule has 1 aromatic rings. The van der Waals surface area contributed by atoms with Gasteiger partial charge in [-0.3, -0.25) is 4.79 Å². The Kier molecular flexibility index (Phi) is 4.58. The van der Waals surface area contributed by atoms with E-state index in [1.165, 1.54) is 18.7 Å². The number of hydrogen-bond donors (Lipinski definition) is 2. The van der Waals surface area contributed by atoms with Crippen LogP contribution in [-0.2, 0) is 19.4 Å². The molecule has 6 nitrogen and oxygen atoms in total. The minimum Gasteiger partial charge on any atom is -0.480 e. The monoisotopic (exact) mass is 329 g/mol. The van der Waals surface area contributed by atoms with Gasteiger partial charge >= 0.3 is 5.97 Å². The van der Waals surface area contributed by atoms with Crippen LogP contribution in [0.3, 0.4) is 0 Å². The van der Waals surface area contributed by atoms with Crippen molar-refractivity contribution in [2.45, 2.75) is 23.1 Å². The van der Waals surface area contributed by atoms with Crippen LogP contribution in [0, 0.1) is 0 Å². The molecule has 2 atom stereocenters. The Labute approximate surface area is 126 Å². The first-order valence-electron chi connectivity index (χ1n) is 6.24. The van der Waals surface area contributed by atoms with Gasteiger partial charge < -0.3 is 10.4 Å². The number of carbonyl (C=O) groups excluding carboxylic acids is 1. The lowest BCUT2D eigenvalue weighted by Crippen LogP contribution is -2.41. The van der Waals surface area contributed by atoms with E-state index in [4.69, 9.17) is 5.11 Å².